The van der Waals surface area contributed by atoms with Crippen molar-refractivity contribution in [3.8, 4) is 0 Å². The van der Waals surface area contributed by atoms with Gasteiger partial charge in [-0.05, 0) is 31.0 Å². The van der Waals surface area contributed by atoms with Crippen molar-refractivity contribution >= 4 is 52.9 Å². The average Bonchev–Trinajstić information content (AvgIpc) is 3.33. The summed E-state index contributed by atoms with van der Waals surface area (Å²) in [5.74, 6) is 0.989. The van der Waals surface area contributed by atoms with Crippen LogP contribution in [0.4, 0.5) is 5.69 Å². The summed E-state index contributed by atoms with van der Waals surface area (Å²) in [6.45, 7) is 11.4. The molecular weight excluding hydrogens is 509 g/mol. The molecular formula is C22H32IN5OS. The molecule has 30 heavy (non-hydrogen) atoms. The summed E-state index contributed by atoms with van der Waals surface area (Å²) in [5.41, 5.74) is 3.20. The average molecular weight is 542 g/mol. The van der Waals surface area contributed by atoms with Gasteiger partial charge in [-0.3, -0.25) is 4.79 Å². The van der Waals surface area contributed by atoms with Crippen LogP contribution in [0.1, 0.15) is 56.8 Å². The molecule has 1 aliphatic rings. The minimum atomic E-state index is 0. The number of benzene rings is 1. The van der Waals surface area contributed by atoms with Gasteiger partial charge in [-0.1, -0.05) is 32.9 Å². The zero-order chi connectivity index (χ0) is 20.9. The van der Waals surface area contributed by atoms with Gasteiger partial charge >= 0.3 is 0 Å². The number of nitrogens with one attached hydrogen (secondary N) is 2. The third-order valence-corrected chi connectivity index (χ3v) is 6.03. The van der Waals surface area contributed by atoms with Gasteiger partial charge in [-0.15, -0.1) is 35.3 Å². The van der Waals surface area contributed by atoms with Gasteiger partial charge in [0.05, 0.1) is 23.8 Å². The highest BCUT2D eigenvalue weighted by molar-refractivity contribution is 14.0. The number of aliphatic imine (C=N–C) groups is 1. The molecule has 2 aromatic rings. The molecule has 0 radical (unpaired) electrons. The summed E-state index contributed by atoms with van der Waals surface area (Å²) in [5, 5.41) is 9.90. The van der Waals surface area contributed by atoms with Crippen LogP contribution in [-0.2, 0) is 23.3 Å². The number of rotatable bonds is 6. The zero-order valence-corrected chi connectivity index (χ0v) is 21.3. The lowest BCUT2D eigenvalue weighted by atomic mass is 9.98. The van der Waals surface area contributed by atoms with E-state index in [1.165, 1.54) is 0 Å². The Hall–Kier alpha value is -1.68. The Bertz CT molecular complexity index is 857. The van der Waals surface area contributed by atoms with Gasteiger partial charge in [-0.25, -0.2) is 9.98 Å². The number of carbonyl (C=O) groups is 1. The molecule has 0 spiro atoms. The van der Waals surface area contributed by atoms with Crippen LogP contribution < -0.4 is 15.5 Å². The quantitative estimate of drug-likeness (QED) is 0.323. The predicted octanol–water partition coefficient (Wildman–Crippen LogP) is 4.44. The highest BCUT2D eigenvalue weighted by Gasteiger charge is 2.21. The Kier molecular flexibility index (Phi) is 9.09. The Morgan fingerprint density at radius 3 is 2.53 bits per heavy atom. The second-order valence-corrected chi connectivity index (χ2v) is 9.12. The number of hydrogen-bond donors (Lipinski definition) is 2. The molecule has 1 aromatic carbocycles. The molecule has 0 saturated carbocycles. The lowest BCUT2D eigenvalue weighted by molar-refractivity contribution is -0.117. The van der Waals surface area contributed by atoms with Crippen molar-refractivity contribution in [2.24, 2.45) is 4.99 Å². The Balaban J connectivity index is 0.00000320. The van der Waals surface area contributed by atoms with E-state index in [0.717, 1.165) is 47.4 Å². The normalized spacial score (nSPS) is 14.6. The first-order valence-electron chi connectivity index (χ1n) is 10.2. The smallest absolute Gasteiger partial charge is 0.227 e. The number of hydrogen-bond acceptors (Lipinski definition) is 4. The fraction of sp³-hybridized carbons (Fsp3) is 0.500. The summed E-state index contributed by atoms with van der Waals surface area (Å²) < 4.78 is 0. The maximum Gasteiger partial charge on any atom is 0.227 e. The fourth-order valence-electron chi connectivity index (χ4n) is 3.12. The van der Waals surface area contributed by atoms with E-state index in [1.807, 2.05) is 29.2 Å². The number of halogens is 1. The minimum absolute atomic E-state index is 0. The number of guanidine groups is 1. The van der Waals surface area contributed by atoms with Crippen LogP contribution in [0.2, 0.25) is 0 Å². The Labute approximate surface area is 200 Å². The molecule has 3 rings (SSSR count). The first kappa shape index (κ1) is 24.6. The first-order chi connectivity index (χ1) is 13.9. The van der Waals surface area contributed by atoms with Gasteiger partial charge in [0, 0.05) is 36.0 Å². The molecule has 1 aromatic heterocycles. The molecule has 1 aliphatic heterocycles. The standard InChI is InChI=1S/C22H31N5OS.HI/c1-5-23-21(25-14-17-15-29-20(26-17)22(2,3)4)24-13-16-8-10-18(11-9-16)27-12-6-7-19(27)28;/h8-11,15H,5-7,12-14H2,1-4H3,(H2,23,24,25);1H. The van der Waals surface area contributed by atoms with E-state index in [0.29, 0.717) is 19.5 Å². The lowest BCUT2D eigenvalue weighted by Gasteiger charge is -2.16. The van der Waals surface area contributed by atoms with E-state index in [2.05, 4.69) is 48.7 Å². The van der Waals surface area contributed by atoms with Crippen LogP contribution in [0.5, 0.6) is 0 Å². The summed E-state index contributed by atoms with van der Waals surface area (Å²) in [7, 11) is 0. The molecule has 0 unspecified atom stereocenters. The summed E-state index contributed by atoms with van der Waals surface area (Å²) >= 11 is 1.70. The maximum atomic E-state index is 11.9. The van der Waals surface area contributed by atoms with Crippen LogP contribution in [-0.4, -0.2) is 29.9 Å². The third kappa shape index (κ3) is 6.66. The molecule has 6 nitrogen and oxygen atoms in total. The second kappa shape index (κ2) is 11.1. The number of carbonyl (C=O) groups excluding carboxylic acids is 1. The van der Waals surface area contributed by atoms with E-state index >= 15 is 0 Å². The predicted molar refractivity (Wildman–Crippen MR) is 136 cm³/mol. The SMILES string of the molecule is CCNC(=NCc1ccc(N2CCCC2=O)cc1)NCc1csc(C(C)(C)C)n1.I. The third-order valence-electron chi connectivity index (χ3n) is 4.72. The van der Waals surface area contributed by atoms with E-state index in [-0.39, 0.29) is 35.3 Å². The molecule has 0 aliphatic carbocycles. The van der Waals surface area contributed by atoms with Gasteiger partial charge in [0.1, 0.15) is 0 Å². The van der Waals surface area contributed by atoms with Gasteiger partial charge in [0.25, 0.3) is 0 Å². The highest BCUT2D eigenvalue weighted by atomic mass is 127. The fourth-order valence-corrected chi connectivity index (χ4v) is 4.03. The molecule has 2 heterocycles. The van der Waals surface area contributed by atoms with Crippen LogP contribution in [0.3, 0.4) is 0 Å². The number of amides is 1. The molecule has 1 amide bonds. The molecule has 2 N–H and O–H groups in total. The summed E-state index contributed by atoms with van der Waals surface area (Å²) in [6, 6.07) is 8.11. The number of aromatic nitrogens is 1. The lowest BCUT2D eigenvalue weighted by Crippen LogP contribution is -2.36. The van der Waals surface area contributed by atoms with Crippen molar-refractivity contribution in [3.63, 3.8) is 0 Å². The van der Waals surface area contributed by atoms with Gasteiger partial charge in [0.2, 0.25) is 5.91 Å². The Morgan fingerprint density at radius 1 is 1.23 bits per heavy atom. The van der Waals surface area contributed by atoms with E-state index in [9.17, 15) is 4.79 Å². The zero-order valence-electron chi connectivity index (χ0n) is 18.2. The number of thiazole rings is 1. The second-order valence-electron chi connectivity index (χ2n) is 8.26. The largest absolute Gasteiger partial charge is 0.357 e. The molecule has 164 valence electrons. The number of anilines is 1. The van der Waals surface area contributed by atoms with Crippen LogP contribution >= 0.6 is 35.3 Å². The summed E-state index contributed by atoms with van der Waals surface area (Å²) in [4.78, 5) is 23.1. The first-order valence-corrected chi connectivity index (χ1v) is 11.1. The van der Waals surface area contributed by atoms with Crippen molar-refractivity contribution in [1.29, 1.82) is 0 Å². The monoisotopic (exact) mass is 541 g/mol. The van der Waals surface area contributed by atoms with Gasteiger partial charge in [0.15, 0.2) is 5.96 Å². The molecule has 1 fully saturated rings. The number of nitrogens with zero attached hydrogens (tertiary/aromatic N) is 3. The highest BCUT2D eigenvalue weighted by Crippen LogP contribution is 2.25. The van der Waals surface area contributed by atoms with E-state index < -0.39 is 0 Å². The van der Waals surface area contributed by atoms with Gasteiger partial charge in [-0.2, -0.15) is 0 Å². The van der Waals surface area contributed by atoms with Crippen molar-refractivity contribution in [1.82, 2.24) is 15.6 Å². The van der Waals surface area contributed by atoms with Gasteiger partial charge < -0.3 is 15.5 Å². The Morgan fingerprint density at radius 2 is 1.97 bits per heavy atom. The van der Waals surface area contributed by atoms with E-state index in [1.54, 1.807) is 11.3 Å². The molecule has 1 saturated heterocycles. The van der Waals surface area contributed by atoms with Crippen molar-refractivity contribution in [2.45, 2.75) is 59.0 Å². The molecule has 0 bridgehead atoms. The molecule has 8 heteroatoms. The summed E-state index contributed by atoms with van der Waals surface area (Å²) in [6.07, 6.45) is 1.60. The van der Waals surface area contributed by atoms with Crippen LogP contribution in [0.25, 0.3) is 0 Å². The van der Waals surface area contributed by atoms with Crippen LogP contribution in [0, 0.1) is 0 Å². The van der Waals surface area contributed by atoms with Crippen molar-refractivity contribution in [2.75, 3.05) is 18.0 Å². The van der Waals surface area contributed by atoms with Crippen LogP contribution in [0.15, 0.2) is 34.6 Å². The van der Waals surface area contributed by atoms with E-state index in [4.69, 9.17) is 4.98 Å². The minimum Gasteiger partial charge on any atom is -0.357 e. The van der Waals surface area contributed by atoms with Crippen molar-refractivity contribution in [3.05, 3.63) is 45.9 Å². The van der Waals surface area contributed by atoms with Crippen molar-refractivity contribution < 1.29 is 4.79 Å². The molecule has 0 atom stereocenters. The topological polar surface area (TPSA) is 69.6 Å². The maximum absolute atomic E-state index is 11.9.